The lowest BCUT2D eigenvalue weighted by molar-refractivity contribution is -0.135. The summed E-state index contributed by atoms with van der Waals surface area (Å²) in [6, 6.07) is 4.97. The zero-order chi connectivity index (χ0) is 28.6. The van der Waals surface area contributed by atoms with Gasteiger partial charge in [0.1, 0.15) is 6.04 Å². The minimum absolute atomic E-state index is 0.204. The first kappa shape index (κ1) is 30.3. The maximum absolute atomic E-state index is 13.0. The number of para-hydroxylation sites is 1. The number of carbonyl (C=O) groups is 3. The largest absolute Gasteiger partial charge is 0.465 e. The topological polar surface area (TPSA) is 141 Å². The fourth-order valence-electron chi connectivity index (χ4n) is 4.73. The standard InChI is InChI=1S/C27H40N4O8/c1-27(2,3)30(26(35)36)12-14-38-16-18-39-17-15-37-13-6-8-19-7-5-9-20-23(19)29(4)25(34)31(20)21-10-11-22(32)28-24(21)33/h5,7,9,21H,6,8,10-18H2,1-4H3,(H,35,36)(H,28,32,33). The molecule has 0 bridgehead atoms. The van der Waals surface area contributed by atoms with Crippen LogP contribution in [0.2, 0.25) is 0 Å². The van der Waals surface area contributed by atoms with Crippen molar-refractivity contribution in [2.75, 3.05) is 46.2 Å². The van der Waals surface area contributed by atoms with Crippen molar-refractivity contribution in [1.29, 1.82) is 0 Å². The molecule has 1 aliphatic rings. The molecule has 0 aliphatic carbocycles. The van der Waals surface area contributed by atoms with Gasteiger partial charge in [0, 0.05) is 32.2 Å². The second-order valence-corrected chi connectivity index (χ2v) is 10.5. The van der Waals surface area contributed by atoms with Crippen LogP contribution in [0.5, 0.6) is 0 Å². The first-order chi connectivity index (χ1) is 18.5. The van der Waals surface area contributed by atoms with Gasteiger partial charge in [-0.05, 0) is 51.7 Å². The summed E-state index contributed by atoms with van der Waals surface area (Å²) in [5, 5.41) is 11.6. The van der Waals surface area contributed by atoms with Gasteiger partial charge in [0.05, 0.1) is 44.1 Å². The molecule has 3 amide bonds. The molecular formula is C27H40N4O8. The van der Waals surface area contributed by atoms with E-state index in [0.29, 0.717) is 64.5 Å². The molecule has 2 N–H and O–H groups in total. The summed E-state index contributed by atoms with van der Waals surface area (Å²) in [5.41, 5.74) is 1.69. The van der Waals surface area contributed by atoms with Crippen molar-refractivity contribution in [1.82, 2.24) is 19.4 Å². The summed E-state index contributed by atoms with van der Waals surface area (Å²) in [7, 11) is 1.70. The summed E-state index contributed by atoms with van der Waals surface area (Å²) >= 11 is 0. The van der Waals surface area contributed by atoms with Gasteiger partial charge in [0.25, 0.3) is 0 Å². The molecule has 3 rings (SSSR count). The molecule has 1 fully saturated rings. The summed E-state index contributed by atoms with van der Waals surface area (Å²) < 4.78 is 19.7. The average molecular weight is 549 g/mol. The molecule has 1 aliphatic heterocycles. The van der Waals surface area contributed by atoms with Crippen LogP contribution in [0.4, 0.5) is 4.79 Å². The van der Waals surface area contributed by atoms with Crippen molar-refractivity contribution in [3.8, 4) is 0 Å². The van der Waals surface area contributed by atoms with E-state index in [4.69, 9.17) is 14.2 Å². The number of piperidine rings is 1. The quantitative estimate of drug-likeness (QED) is 0.270. The van der Waals surface area contributed by atoms with E-state index in [0.717, 1.165) is 17.5 Å². The smallest absolute Gasteiger partial charge is 0.407 e. The molecule has 12 heteroatoms. The summed E-state index contributed by atoms with van der Waals surface area (Å²) in [5.74, 6) is -0.761. The number of aryl methyl sites for hydroxylation is 2. The van der Waals surface area contributed by atoms with E-state index in [1.807, 2.05) is 39.0 Å². The van der Waals surface area contributed by atoms with Crippen molar-refractivity contribution in [3.05, 3.63) is 34.2 Å². The third-order valence-electron chi connectivity index (χ3n) is 6.69. The Labute approximate surface area is 227 Å². The molecule has 0 saturated carbocycles. The number of nitrogens with one attached hydrogen (secondary N) is 1. The van der Waals surface area contributed by atoms with Gasteiger partial charge in [0.2, 0.25) is 11.8 Å². The van der Waals surface area contributed by atoms with Crippen LogP contribution in [-0.4, -0.2) is 88.8 Å². The average Bonchev–Trinajstić information content (AvgIpc) is 3.11. The van der Waals surface area contributed by atoms with Crippen LogP contribution in [0, 0.1) is 0 Å². The second kappa shape index (κ2) is 13.7. The van der Waals surface area contributed by atoms with Crippen molar-refractivity contribution in [2.24, 2.45) is 7.05 Å². The minimum atomic E-state index is -0.967. The molecule has 1 saturated heterocycles. The molecule has 1 atom stereocenters. The van der Waals surface area contributed by atoms with Crippen molar-refractivity contribution in [2.45, 2.75) is 58.0 Å². The molecule has 39 heavy (non-hydrogen) atoms. The highest BCUT2D eigenvalue weighted by Gasteiger charge is 2.31. The normalized spacial score (nSPS) is 16.1. The Morgan fingerprint density at radius 3 is 2.31 bits per heavy atom. The van der Waals surface area contributed by atoms with Gasteiger partial charge >= 0.3 is 11.8 Å². The van der Waals surface area contributed by atoms with E-state index in [2.05, 4.69) is 5.32 Å². The number of benzene rings is 1. The van der Waals surface area contributed by atoms with Crippen molar-refractivity contribution >= 4 is 28.9 Å². The van der Waals surface area contributed by atoms with Gasteiger partial charge in [-0.1, -0.05) is 12.1 Å². The maximum atomic E-state index is 13.0. The van der Waals surface area contributed by atoms with Gasteiger partial charge in [-0.15, -0.1) is 0 Å². The Bertz CT molecular complexity index is 1210. The summed E-state index contributed by atoms with van der Waals surface area (Å²) in [4.78, 5) is 49.6. The van der Waals surface area contributed by atoms with Crippen molar-refractivity contribution < 1.29 is 33.7 Å². The van der Waals surface area contributed by atoms with E-state index >= 15 is 0 Å². The van der Waals surface area contributed by atoms with Crippen LogP contribution in [-0.2, 0) is 37.3 Å². The number of ether oxygens (including phenoxy) is 3. The highest BCUT2D eigenvalue weighted by atomic mass is 16.5. The maximum Gasteiger partial charge on any atom is 0.407 e. The van der Waals surface area contributed by atoms with Crippen LogP contribution >= 0.6 is 0 Å². The molecule has 0 radical (unpaired) electrons. The van der Waals surface area contributed by atoms with Gasteiger partial charge in [-0.2, -0.15) is 0 Å². The Morgan fingerprint density at radius 2 is 1.69 bits per heavy atom. The predicted molar refractivity (Wildman–Crippen MR) is 144 cm³/mol. The molecule has 0 spiro atoms. The highest BCUT2D eigenvalue weighted by molar-refractivity contribution is 6.00. The highest BCUT2D eigenvalue weighted by Crippen LogP contribution is 2.25. The van der Waals surface area contributed by atoms with Gasteiger partial charge < -0.3 is 24.2 Å². The zero-order valence-electron chi connectivity index (χ0n) is 23.2. The van der Waals surface area contributed by atoms with E-state index in [1.54, 1.807) is 11.6 Å². The van der Waals surface area contributed by atoms with Crippen LogP contribution in [0.25, 0.3) is 11.0 Å². The third kappa shape index (κ3) is 7.90. The lowest BCUT2D eigenvalue weighted by Gasteiger charge is -2.32. The number of nitrogens with zero attached hydrogens (tertiary/aromatic N) is 3. The van der Waals surface area contributed by atoms with Crippen LogP contribution in [0.1, 0.15) is 51.6 Å². The Hall–Kier alpha value is -3.22. The lowest BCUT2D eigenvalue weighted by atomic mass is 10.0. The Morgan fingerprint density at radius 1 is 1.05 bits per heavy atom. The molecule has 216 valence electrons. The van der Waals surface area contributed by atoms with E-state index < -0.39 is 23.6 Å². The predicted octanol–water partition coefficient (Wildman–Crippen LogP) is 2.08. The van der Waals surface area contributed by atoms with E-state index in [9.17, 15) is 24.3 Å². The molecule has 1 aromatic heterocycles. The number of imide groups is 1. The molecule has 1 aromatic carbocycles. The number of carboxylic acid groups (broad SMARTS) is 1. The fraction of sp³-hybridized carbons (Fsp3) is 0.630. The first-order valence-electron chi connectivity index (χ1n) is 13.3. The monoisotopic (exact) mass is 548 g/mol. The molecular weight excluding hydrogens is 508 g/mol. The number of amides is 3. The summed E-state index contributed by atoms with van der Waals surface area (Å²) in [6.45, 7) is 8.27. The van der Waals surface area contributed by atoms with Crippen LogP contribution < -0.4 is 11.0 Å². The number of fused-ring (bicyclic) bond motifs is 1. The number of hydrogen-bond donors (Lipinski definition) is 2. The molecule has 2 aromatic rings. The molecule has 1 unspecified atom stereocenters. The van der Waals surface area contributed by atoms with E-state index in [-0.39, 0.29) is 18.0 Å². The van der Waals surface area contributed by atoms with Crippen LogP contribution in [0.15, 0.2) is 23.0 Å². The number of imidazole rings is 1. The first-order valence-corrected chi connectivity index (χ1v) is 13.3. The van der Waals surface area contributed by atoms with Crippen molar-refractivity contribution in [3.63, 3.8) is 0 Å². The van der Waals surface area contributed by atoms with E-state index in [1.165, 1.54) is 9.47 Å². The molecule has 12 nitrogen and oxygen atoms in total. The minimum Gasteiger partial charge on any atom is -0.465 e. The SMILES string of the molecule is Cn1c(=O)n(C2CCC(=O)NC2=O)c2cccc(CCCOCCOCCOCCN(C(=O)O)C(C)(C)C)c21. The Kier molecular flexibility index (Phi) is 10.7. The zero-order valence-corrected chi connectivity index (χ0v) is 23.2. The number of carbonyl (C=O) groups excluding carboxylic acids is 2. The number of rotatable bonds is 14. The second-order valence-electron chi connectivity index (χ2n) is 10.5. The lowest BCUT2D eigenvalue weighted by Crippen LogP contribution is -2.46. The number of aromatic nitrogens is 2. The summed E-state index contributed by atoms with van der Waals surface area (Å²) in [6.07, 6.45) is 0.979. The fourth-order valence-corrected chi connectivity index (χ4v) is 4.73. The third-order valence-corrected chi connectivity index (χ3v) is 6.69. The van der Waals surface area contributed by atoms with Crippen LogP contribution in [0.3, 0.4) is 0 Å². The number of hydrogen-bond acceptors (Lipinski definition) is 7. The Balaban J connectivity index is 1.37. The van der Waals surface area contributed by atoms with Gasteiger partial charge in [0.15, 0.2) is 0 Å². The van der Waals surface area contributed by atoms with Gasteiger partial charge in [-0.25, -0.2) is 9.59 Å². The molecule has 2 heterocycles. The van der Waals surface area contributed by atoms with Gasteiger partial charge in [-0.3, -0.25) is 24.0 Å².